The van der Waals surface area contributed by atoms with Crippen LogP contribution in [0.15, 0.2) is 83.2 Å². The van der Waals surface area contributed by atoms with E-state index in [-0.39, 0.29) is 41.7 Å². The minimum Gasteiger partial charge on any atom is -0.493 e. The van der Waals surface area contributed by atoms with E-state index in [4.69, 9.17) is 18.6 Å². The molecule has 0 fully saturated rings. The predicted molar refractivity (Wildman–Crippen MR) is 151 cm³/mol. The molecule has 0 unspecified atom stereocenters. The number of rotatable bonds is 9. The molecule has 0 atom stereocenters. The molecule has 2 heterocycles. The van der Waals surface area contributed by atoms with Gasteiger partial charge in [-0.1, -0.05) is 6.07 Å². The summed E-state index contributed by atoms with van der Waals surface area (Å²) < 4.78 is 36.3. The van der Waals surface area contributed by atoms with Crippen molar-refractivity contribution in [1.29, 1.82) is 0 Å². The maximum absolute atomic E-state index is 14.3. The normalized spacial score (nSPS) is 13.2. The van der Waals surface area contributed by atoms with Gasteiger partial charge in [0.05, 0.1) is 39.0 Å². The molecule has 4 aromatic rings. The maximum Gasteiger partial charge on any atom is 0.345 e. The van der Waals surface area contributed by atoms with Crippen molar-refractivity contribution in [3.8, 4) is 17.2 Å². The number of pyridine rings is 1. The lowest BCUT2D eigenvalue weighted by atomic mass is 10.00. The molecule has 1 aliphatic rings. The van der Waals surface area contributed by atoms with Crippen LogP contribution in [0.4, 0.5) is 4.39 Å². The summed E-state index contributed by atoms with van der Waals surface area (Å²) in [6.07, 6.45) is 6.48. The van der Waals surface area contributed by atoms with Crippen molar-refractivity contribution in [1.82, 2.24) is 10.3 Å². The van der Waals surface area contributed by atoms with Gasteiger partial charge in [0.15, 0.2) is 11.5 Å². The van der Waals surface area contributed by atoms with Crippen LogP contribution < -0.4 is 19.5 Å². The molecular weight excluding hydrogens is 527 g/mol. The summed E-state index contributed by atoms with van der Waals surface area (Å²) in [5, 5.41) is 2.85. The van der Waals surface area contributed by atoms with Gasteiger partial charge in [0, 0.05) is 12.4 Å². The summed E-state index contributed by atoms with van der Waals surface area (Å²) in [7, 11) is 2.93. The molecule has 9 heteroatoms. The van der Waals surface area contributed by atoms with Crippen molar-refractivity contribution >= 4 is 29.1 Å². The second-order valence-electron chi connectivity index (χ2n) is 9.27. The maximum atomic E-state index is 14.3. The Morgan fingerprint density at radius 1 is 1.02 bits per heavy atom. The predicted octanol–water partition coefficient (Wildman–Crippen LogP) is 6.08. The number of furan rings is 1. The Labute approximate surface area is 236 Å². The van der Waals surface area contributed by atoms with E-state index in [2.05, 4.69) is 10.3 Å². The van der Waals surface area contributed by atoms with Crippen LogP contribution in [0.25, 0.3) is 17.2 Å². The third-order valence-corrected chi connectivity index (χ3v) is 6.72. The summed E-state index contributed by atoms with van der Waals surface area (Å²) in [5.74, 6) is 0.113. The van der Waals surface area contributed by atoms with E-state index < -0.39 is 11.8 Å². The number of nitrogens with one attached hydrogen (secondary N) is 1. The minimum atomic E-state index is -0.610. The Balaban J connectivity index is 1.48. The van der Waals surface area contributed by atoms with Gasteiger partial charge in [-0.05, 0) is 94.9 Å². The van der Waals surface area contributed by atoms with Gasteiger partial charge in [-0.15, -0.1) is 0 Å². The Bertz CT molecular complexity index is 1630. The van der Waals surface area contributed by atoms with Gasteiger partial charge in [0.2, 0.25) is 11.7 Å². The number of esters is 1. The van der Waals surface area contributed by atoms with Crippen LogP contribution in [0.5, 0.6) is 17.2 Å². The first kappa shape index (κ1) is 27.4. The van der Waals surface area contributed by atoms with E-state index in [0.29, 0.717) is 16.9 Å². The number of aromatic nitrogens is 1. The molecule has 0 radical (unpaired) electrons. The van der Waals surface area contributed by atoms with Gasteiger partial charge in [0.25, 0.3) is 0 Å². The summed E-state index contributed by atoms with van der Waals surface area (Å²) in [6, 6.07) is 14.7. The number of amides is 1. The number of ether oxygens (including phenoxy) is 3. The van der Waals surface area contributed by atoms with Crippen LogP contribution in [-0.2, 0) is 11.3 Å². The molecule has 1 aliphatic carbocycles. The molecule has 8 nitrogen and oxygen atoms in total. The van der Waals surface area contributed by atoms with Crippen LogP contribution in [0.1, 0.15) is 46.2 Å². The smallest absolute Gasteiger partial charge is 0.345 e. The zero-order chi connectivity index (χ0) is 28.9. The van der Waals surface area contributed by atoms with E-state index in [0.717, 1.165) is 22.3 Å². The first-order valence-corrected chi connectivity index (χ1v) is 12.8. The molecular formula is C32H27FN2O6. The van der Waals surface area contributed by atoms with Gasteiger partial charge in [-0.2, -0.15) is 0 Å². The molecule has 2 aromatic heterocycles. The van der Waals surface area contributed by atoms with Crippen molar-refractivity contribution in [2.24, 2.45) is 0 Å². The molecule has 41 heavy (non-hydrogen) atoms. The third kappa shape index (κ3) is 5.89. The van der Waals surface area contributed by atoms with Gasteiger partial charge in [-0.3, -0.25) is 9.78 Å². The van der Waals surface area contributed by atoms with Crippen molar-refractivity contribution in [3.05, 3.63) is 113 Å². The second-order valence-corrected chi connectivity index (χ2v) is 9.27. The average Bonchev–Trinajstić information content (AvgIpc) is 3.59. The first-order chi connectivity index (χ1) is 19.9. The van der Waals surface area contributed by atoms with E-state index in [1.807, 2.05) is 13.0 Å². The fraction of sp³-hybridized carbons (Fsp3) is 0.156. The zero-order valence-electron chi connectivity index (χ0n) is 22.7. The van der Waals surface area contributed by atoms with Crippen LogP contribution in [-0.4, -0.2) is 31.1 Å². The molecule has 208 valence electrons. The molecule has 5 rings (SSSR count). The molecule has 0 spiro atoms. The summed E-state index contributed by atoms with van der Waals surface area (Å²) >= 11 is 0. The van der Waals surface area contributed by atoms with Crippen molar-refractivity contribution in [2.45, 2.75) is 19.9 Å². The van der Waals surface area contributed by atoms with E-state index in [9.17, 15) is 14.0 Å². The lowest BCUT2D eigenvalue weighted by molar-refractivity contribution is -0.120. The minimum absolute atomic E-state index is 0.0657. The highest BCUT2D eigenvalue weighted by atomic mass is 19.1. The number of methoxy groups -OCH3 is 2. The molecule has 0 bridgehead atoms. The monoisotopic (exact) mass is 554 g/mol. The van der Waals surface area contributed by atoms with Crippen LogP contribution >= 0.6 is 0 Å². The number of hydrogen-bond donors (Lipinski definition) is 1. The standard InChI is InChI=1S/C32H27FN2O6/c1-19-25(24-9-8-22(33)15-27(24)26(19)16-30(36)35-18-23-7-5-11-40-23)12-20-13-28(38-2)31(29(14-20)39-3)41-32(37)21-6-4-10-34-17-21/h4-15,17H,16,18H2,1-3H3,(H,35,36). The zero-order valence-corrected chi connectivity index (χ0v) is 22.7. The molecule has 1 N–H and O–H groups in total. The summed E-state index contributed by atoms with van der Waals surface area (Å²) in [5.41, 5.74) is 4.79. The average molecular weight is 555 g/mol. The van der Waals surface area contributed by atoms with Crippen LogP contribution in [0.2, 0.25) is 0 Å². The Hall–Kier alpha value is -5.18. The van der Waals surface area contributed by atoms with Crippen molar-refractivity contribution in [3.63, 3.8) is 0 Å². The highest BCUT2D eigenvalue weighted by Crippen LogP contribution is 2.45. The van der Waals surface area contributed by atoms with Crippen LogP contribution in [0.3, 0.4) is 0 Å². The lowest BCUT2D eigenvalue weighted by Crippen LogP contribution is -2.22. The number of nitrogens with zero attached hydrogens (tertiary/aromatic N) is 1. The quantitative estimate of drug-likeness (QED) is 0.198. The van der Waals surface area contributed by atoms with Crippen LogP contribution in [0, 0.1) is 5.82 Å². The number of allylic oxidation sites excluding steroid dienone is 2. The largest absolute Gasteiger partial charge is 0.493 e. The number of fused-ring (bicyclic) bond motifs is 1. The SMILES string of the molecule is COc1cc(C=C2C(C)=C(CC(=O)NCc3ccco3)c3cc(F)ccc32)cc(OC)c1OC(=O)c1cccnc1. The number of carbonyl (C=O) groups excluding carboxylic acids is 2. The van der Waals surface area contributed by atoms with Crippen molar-refractivity contribution < 1.29 is 32.6 Å². The van der Waals surface area contributed by atoms with E-state index in [1.54, 1.807) is 54.9 Å². The third-order valence-electron chi connectivity index (χ3n) is 6.72. The molecule has 2 aromatic carbocycles. The summed E-state index contributed by atoms with van der Waals surface area (Å²) in [6.45, 7) is 2.16. The van der Waals surface area contributed by atoms with E-state index >= 15 is 0 Å². The number of hydrogen-bond acceptors (Lipinski definition) is 7. The lowest BCUT2D eigenvalue weighted by Gasteiger charge is -2.15. The highest BCUT2D eigenvalue weighted by Gasteiger charge is 2.26. The van der Waals surface area contributed by atoms with Crippen molar-refractivity contribution in [2.75, 3.05) is 14.2 Å². The van der Waals surface area contributed by atoms with Gasteiger partial charge in [0.1, 0.15) is 11.6 Å². The molecule has 0 saturated heterocycles. The molecule has 0 saturated carbocycles. The fourth-order valence-electron chi connectivity index (χ4n) is 4.69. The highest BCUT2D eigenvalue weighted by molar-refractivity contribution is 6.08. The second kappa shape index (κ2) is 11.9. The Morgan fingerprint density at radius 3 is 2.46 bits per heavy atom. The Kier molecular flexibility index (Phi) is 7.96. The van der Waals surface area contributed by atoms with Gasteiger partial charge >= 0.3 is 5.97 Å². The molecule has 1 amide bonds. The summed E-state index contributed by atoms with van der Waals surface area (Å²) in [4.78, 5) is 29.5. The number of carbonyl (C=O) groups is 2. The first-order valence-electron chi connectivity index (χ1n) is 12.8. The van der Waals surface area contributed by atoms with Gasteiger partial charge < -0.3 is 23.9 Å². The Morgan fingerprint density at radius 2 is 1.80 bits per heavy atom. The molecule has 0 aliphatic heterocycles. The topological polar surface area (TPSA) is 99.9 Å². The van der Waals surface area contributed by atoms with Gasteiger partial charge in [-0.25, -0.2) is 9.18 Å². The number of benzene rings is 2. The number of halogens is 1. The van der Waals surface area contributed by atoms with E-state index in [1.165, 1.54) is 32.5 Å². The fourth-order valence-corrected chi connectivity index (χ4v) is 4.69.